The molecule has 6 amide bonds. The smallest absolute Gasteiger partial charge is 0.255 e. The second-order valence-electron chi connectivity index (χ2n) is 33.2. The van der Waals surface area contributed by atoms with Gasteiger partial charge in [-0.3, -0.25) is 28.8 Å². The number of aromatic nitrogens is 2. The Balaban J connectivity index is 0.000000169. The van der Waals surface area contributed by atoms with E-state index in [1.165, 1.54) is 19.3 Å². The highest BCUT2D eigenvalue weighted by molar-refractivity contribution is 6.08. The molecule has 15 rings (SSSR count). The van der Waals surface area contributed by atoms with Crippen LogP contribution in [-0.2, 0) is 96.3 Å². The van der Waals surface area contributed by atoms with Gasteiger partial charge in [0.15, 0.2) is 0 Å². The number of allylic oxidation sites excluding steroid dienone is 2. The van der Waals surface area contributed by atoms with Crippen molar-refractivity contribution in [3.8, 4) is 5.75 Å². The Kier molecular flexibility index (Phi) is 46.9. The monoisotopic (exact) mass is 1850 g/mol. The molecule has 0 fully saturated rings. The fourth-order valence-corrected chi connectivity index (χ4v) is 15.7. The maximum absolute atomic E-state index is 12.7. The third-order valence-corrected chi connectivity index (χ3v) is 23.0. The number of para-hydroxylation sites is 3. The molecule has 0 unspecified atom stereocenters. The Morgan fingerprint density at radius 1 is 0.287 bits per heavy atom. The number of fused-ring (bicyclic) bond motifs is 5. The standard InChI is InChI=1S/C22H23NO3.C18H23NO4.C18H23NO2.C17H20N2O3.C17H18N2O3.C17H21NO4/c24-16-19-15-18-11-5-4-10-17(18)9-3-1-2-8-14-26-21-13-7-6-12-20(21)22(25)23-19;20-13-16-8-3-4-10-22-11-5-6-12-23-14-15-7-1-2-9-17(15)18(21)19-16;20-14-16-12-7-5-3-1-2-4-6-10-15-11-8-9-13-17(15)18(21)19-16;2*20-12-14-5-1-2-10-22-11-9-19-8-7-13-4-3-6-15(16(13)19)17(21)18-14;19-12-15-7-3-4-9-21-10-5-11-22-13-14-6-1-2-8-16(14)17(20)18-15/h3-7,9-13,16,19H,1-2,8,14-15H2,(H,23,25);1-4,7,9,13,16H,5-6,8,10-12,14H2,(H,19,21);5,7-9,11,13-14,16H,1-4,6,10,12H2,(H,19,21);3-4,6-8,12,14H,1-2,5,9-11H2,(H,18,21);1-4,6-8,12,14H,5,9-11H2,(H,18,21);1-4,6,8,12,15H,5,7,9-11,13H2,(H,18,20)/b;;7-5+;;;/t19-;2*16-;2*14-;15-/m000000/s1. The van der Waals surface area contributed by atoms with Crippen molar-refractivity contribution in [3.63, 3.8) is 0 Å². The van der Waals surface area contributed by atoms with E-state index in [4.69, 9.17) is 33.2 Å². The van der Waals surface area contributed by atoms with Gasteiger partial charge in [-0.2, -0.15) is 0 Å². The van der Waals surface area contributed by atoms with Crippen LogP contribution in [0.3, 0.4) is 0 Å². The van der Waals surface area contributed by atoms with E-state index in [1.807, 2.05) is 185 Å². The summed E-state index contributed by atoms with van der Waals surface area (Å²) in [6.45, 7) is 8.64. The van der Waals surface area contributed by atoms with Gasteiger partial charge >= 0.3 is 0 Å². The Hall–Kier alpha value is -13.3. The molecule has 0 saturated heterocycles. The Bertz CT molecular complexity index is 5470. The number of hydrogen-bond donors (Lipinski definition) is 6. The molecule has 27 nitrogen and oxygen atoms in total. The largest absolute Gasteiger partial charge is 0.493 e. The van der Waals surface area contributed by atoms with E-state index < -0.39 is 36.3 Å². The molecule has 6 aliphatic rings. The normalized spacial score (nSPS) is 20.5. The molecule has 6 atom stereocenters. The molecule has 8 heterocycles. The van der Waals surface area contributed by atoms with Crippen molar-refractivity contribution in [3.05, 3.63) is 298 Å². The van der Waals surface area contributed by atoms with E-state index in [-0.39, 0.29) is 35.4 Å². The molecule has 0 bridgehead atoms. The van der Waals surface area contributed by atoms with Crippen LogP contribution in [0.15, 0.2) is 237 Å². The average Bonchev–Trinajstić information content (AvgIpc) is 1.65. The summed E-state index contributed by atoms with van der Waals surface area (Å²) in [5.74, 6) is -0.804. The molecule has 0 spiro atoms. The van der Waals surface area contributed by atoms with E-state index in [1.54, 1.807) is 48.5 Å². The summed E-state index contributed by atoms with van der Waals surface area (Å²) in [5, 5.41) is 18.8. The lowest BCUT2D eigenvalue weighted by Crippen LogP contribution is -2.38. The van der Waals surface area contributed by atoms with Crippen LogP contribution in [0, 0.1) is 0 Å². The van der Waals surface area contributed by atoms with Crippen LogP contribution in [0.1, 0.15) is 206 Å². The lowest BCUT2D eigenvalue weighted by molar-refractivity contribution is -0.110. The van der Waals surface area contributed by atoms with Crippen LogP contribution in [0.2, 0.25) is 0 Å². The fraction of sp³-hybridized carbons (Fsp3) is 0.376. The number of rotatable bonds is 6. The van der Waals surface area contributed by atoms with Crippen LogP contribution in [0.4, 0.5) is 0 Å². The van der Waals surface area contributed by atoms with Crippen molar-refractivity contribution in [2.45, 2.75) is 191 Å². The first-order valence-electron chi connectivity index (χ1n) is 47.3. The molecular formula is C109H128N8O19. The van der Waals surface area contributed by atoms with Gasteiger partial charge in [0.05, 0.1) is 117 Å². The summed E-state index contributed by atoms with van der Waals surface area (Å²) in [6, 6.07) is 49.6. The Morgan fingerprint density at radius 2 is 0.669 bits per heavy atom. The molecule has 7 aromatic carbocycles. The van der Waals surface area contributed by atoms with Crippen molar-refractivity contribution in [1.82, 2.24) is 41.0 Å². The number of carbonyl (C=O) groups excluding carboxylic acids is 12. The second-order valence-corrected chi connectivity index (χ2v) is 33.2. The summed E-state index contributed by atoms with van der Waals surface area (Å²) >= 11 is 0. The topological polar surface area (TPSA) is 351 Å². The zero-order chi connectivity index (χ0) is 95.8. The van der Waals surface area contributed by atoms with E-state index >= 15 is 0 Å². The predicted molar refractivity (Wildman–Crippen MR) is 524 cm³/mol. The molecule has 27 heteroatoms. The van der Waals surface area contributed by atoms with E-state index in [2.05, 4.69) is 50.1 Å². The van der Waals surface area contributed by atoms with E-state index in [0.29, 0.717) is 177 Å². The van der Waals surface area contributed by atoms with Gasteiger partial charge < -0.3 is 103 Å². The second kappa shape index (κ2) is 60.9. The van der Waals surface area contributed by atoms with Gasteiger partial charge in [0, 0.05) is 92.4 Å². The number of nitrogens with zero attached hydrogens (tertiary/aromatic N) is 2. The molecular weight excluding hydrogens is 1730 g/mol. The van der Waals surface area contributed by atoms with Gasteiger partial charge in [-0.25, -0.2) is 0 Å². The van der Waals surface area contributed by atoms with Crippen LogP contribution >= 0.6 is 0 Å². The molecule has 0 saturated carbocycles. The average molecular weight is 1850 g/mol. The zero-order valence-corrected chi connectivity index (χ0v) is 77.4. The van der Waals surface area contributed by atoms with Crippen molar-refractivity contribution in [2.75, 3.05) is 72.7 Å². The quantitative estimate of drug-likeness (QED) is 0.0665. The van der Waals surface area contributed by atoms with E-state index in [9.17, 15) is 57.5 Å². The minimum atomic E-state index is -0.588. The highest BCUT2D eigenvalue weighted by atomic mass is 16.5. The summed E-state index contributed by atoms with van der Waals surface area (Å²) in [5.41, 5.74) is 10.1. The summed E-state index contributed by atoms with van der Waals surface area (Å²) in [7, 11) is 0. The van der Waals surface area contributed by atoms with Crippen molar-refractivity contribution in [1.29, 1.82) is 0 Å². The Labute approximate surface area is 796 Å². The molecule has 6 N–H and O–H groups in total. The van der Waals surface area contributed by atoms with Gasteiger partial charge in [-0.05, 0) is 192 Å². The molecule has 718 valence electrons. The molecule has 6 aliphatic heterocycles. The van der Waals surface area contributed by atoms with Crippen molar-refractivity contribution >= 4 is 101 Å². The van der Waals surface area contributed by atoms with Crippen molar-refractivity contribution < 1.29 is 90.7 Å². The number of nitrogens with one attached hydrogen (secondary N) is 6. The first kappa shape index (κ1) is 105. The van der Waals surface area contributed by atoms with Gasteiger partial charge in [0.25, 0.3) is 35.4 Å². The Morgan fingerprint density at radius 3 is 1.22 bits per heavy atom. The molecule has 2 aromatic heterocycles. The van der Waals surface area contributed by atoms with Gasteiger partial charge in [0.2, 0.25) is 0 Å². The minimum Gasteiger partial charge on any atom is -0.493 e. The lowest BCUT2D eigenvalue weighted by Gasteiger charge is -2.16. The van der Waals surface area contributed by atoms with Gasteiger partial charge in [0.1, 0.15) is 43.5 Å². The maximum Gasteiger partial charge on any atom is 0.255 e. The van der Waals surface area contributed by atoms with Gasteiger partial charge in [-0.15, -0.1) is 0 Å². The third kappa shape index (κ3) is 35.5. The van der Waals surface area contributed by atoms with Crippen LogP contribution in [-0.4, -0.2) is 191 Å². The van der Waals surface area contributed by atoms with Crippen molar-refractivity contribution in [2.24, 2.45) is 0 Å². The summed E-state index contributed by atoms with van der Waals surface area (Å²) < 4.78 is 43.2. The number of ether oxygens (including phenoxy) is 7. The highest BCUT2D eigenvalue weighted by Crippen LogP contribution is 2.26. The van der Waals surface area contributed by atoms with Crippen LogP contribution in [0.25, 0.3) is 27.9 Å². The maximum atomic E-state index is 12.7. The number of amides is 6. The highest BCUT2D eigenvalue weighted by Gasteiger charge is 2.25. The number of carbonyl (C=O) groups is 12. The summed E-state index contributed by atoms with van der Waals surface area (Å²) in [6.07, 6.45) is 45.2. The van der Waals surface area contributed by atoms with E-state index in [0.717, 1.165) is 158 Å². The first-order chi connectivity index (χ1) is 66.8. The zero-order valence-electron chi connectivity index (χ0n) is 77.4. The lowest BCUT2D eigenvalue weighted by atomic mass is 9.99. The molecule has 0 aliphatic carbocycles. The SMILES string of the molecule is O=C[C@@H]1C/C=C/CCCCCCc2ccccc2C(=O)N1.O=C[C@@H]1CC=CCOCCCCOCc2ccccc2C(=O)N1.O=C[C@@H]1CC=CCOCCCOCc2ccccc2C(=O)N1.O=C[C@@H]1CC=CCOCCn2ccc3cccc(c32)C(=O)N1.O=C[C@@H]1CCCCOCCn2ccc3cccc(c32)C(=O)N1.O=C[C@@H]1Cc2ccccc2C=CCCCCOc2ccccc2C(=O)N1. The fourth-order valence-electron chi connectivity index (χ4n) is 15.7. The van der Waals surface area contributed by atoms with Crippen LogP contribution < -0.4 is 36.6 Å². The number of benzene rings is 7. The number of aldehydes is 6. The molecule has 9 aromatic rings. The number of aryl methyl sites for hydroxylation is 1. The summed E-state index contributed by atoms with van der Waals surface area (Å²) in [4.78, 5) is 142. The predicted octanol–water partition coefficient (Wildman–Crippen LogP) is 15.4. The molecule has 0 radical (unpaired) electrons. The molecule has 136 heavy (non-hydrogen) atoms. The van der Waals surface area contributed by atoms with Gasteiger partial charge in [-0.1, -0.05) is 189 Å². The number of hydrogen-bond acceptors (Lipinski definition) is 19. The first-order valence-corrected chi connectivity index (χ1v) is 47.3. The van der Waals surface area contributed by atoms with Crippen LogP contribution in [0.5, 0.6) is 5.75 Å². The minimum absolute atomic E-state index is 0.145. The third-order valence-electron chi connectivity index (χ3n) is 23.0.